The second-order valence-electron chi connectivity index (χ2n) is 6.52. The lowest BCUT2D eigenvalue weighted by Gasteiger charge is -2.36. The van der Waals surface area contributed by atoms with Crippen molar-refractivity contribution in [3.05, 3.63) is 28.8 Å². The van der Waals surface area contributed by atoms with E-state index in [-0.39, 0.29) is 6.03 Å². The summed E-state index contributed by atoms with van der Waals surface area (Å²) in [5.41, 5.74) is 1.26. The molecule has 0 saturated carbocycles. The van der Waals surface area contributed by atoms with Gasteiger partial charge in [-0.25, -0.2) is 9.59 Å². The minimum absolute atomic E-state index is 0.0298. The second kappa shape index (κ2) is 9.64. The van der Waals surface area contributed by atoms with E-state index in [0.29, 0.717) is 43.3 Å². The van der Waals surface area contributed by atoms with Crippen molar-refractivity contribution >= 4 is 29.3 Å². The fourth-order valence-electron chi connectivity index (χ4n) is 2.85. The number of hydrogen-bond donors (Lipinski definition) is 1. The van der Waals surface area contributed by atoms with Crippen LogP contribution in [-0.4, -0.2) is 82.3 Å². The topological polar surface area (TPSA) is 65.1 Å². The van der Waals surface area contributed by atoms with Gasteiger partial charge in [-0.05, 0) is 45.3 Å². The molecule has 144 valence electrons. The Hall–Kier alpha value is -1.99. The number of urea groups is 1. The van der Waals surface area contributed by atoms with Crippen molar-refractivity contribution in [2.24, 2.45) is 0 Å². The zero-order chi connectivity index (χ0) is 19.1. The smallest absolute Gasteiger partial charge is 0.337 e. The lowest BCUT2D eigenvalue weighted by molar-refractivity contribution is 0.0600. The van der Waals surface area contributed by atoms with Crippen LogP contribution in [0, 0.1) is 0 Å². The lowest BCUT2D eigenvalue weighted by Crippen LogP contribution is -2.52. The highest BCUT2D eigenvalue weighted by Crippen LogP contribution is 2.28. The van der Waals surface area contributed by atoms with Crippen LogP contribution < -0.4 is 10.2 Å². The normalized spacial score (nSPS) is 14.5. The van der Waals surface area contributed by atoms with Gasteiger partial charge in [0, 0.05) is 32.7 Å². The van der Waals surface area contributed by atoms with Crippen molar-refractivity contribution < 1.29 is 14.3 Å². The molecule has 1 heterocycles. The number of anilines is 1. The van der Waals surface area contributed by atoms with Gasteiger partial charge in [-0.1, -0.05) is 11.6 Å². The van der Waals surface area contributed by atoms with E-state index >= 15 is 0 Å². The van der Waals surface area contributed by atoms with Crippen molar-refractivity contribution in [3.8, 4) is 0 Å². The Morgan fingerprint density at radius 1 is 1.23 bits per heavy atom. The van der Waals surface area contributed by atoms with Gasteiger partial charge >= 0.3 is 12.0 Å². The third kappa shape index (κ3) is 5.51. The summed E-state index contributed by atoms with van der Waals surface area (Å²) >= 11 is 6.30. The fraction of sp³-hybridized carbons (Fsp3) is 0.556. The summed E-state index contributed by atoms with van der Waals surface area (Å²) < 4.78 is 4.76. The molecule has 2 rings (SSSR count). The average molecular weight is 383 g/mol. The average Bonchev–Trinajstić information content (AvgIpc) is 2.65. The van der Waals surface area contributed by atoms with E-state index in [4.69, 9.17) is 16.3 Å². The van der Waals surface area contributed by atoms with Crippen LogP contribution in [0.25, 0.3) is 0 Å². The first-order valence-electron chi connectivity index (χ1n) is 8.72. The predicted molar refractivity (Wildman–Crippen MR) is 103 cm³/mol. The van der Waals surface area contributed by atoms with E-state index in [9.17, 15) is 9.59 Å². The van der Waals surface area contributed by atoms with Gasteiger partial charge in [0.25, 0.3) is 0 Å². The predicted octanol–water partition coefficient (Wildman–Crippen LogP) is 1.91. The van der Waals surface area contributed by atoms with Crippen LogP contribution in [0.1, 0.15) is 16.8 Å². The zero-order valence-corrected chi connectivity index (χ0v) is 16.4. The zero-order valence-electron chi connectivity index (χ0n) is 15.6. The molecule has 1 saturated heterocycles. The highest BCUT2D eigenvalue weighted by molar-refractivity contribution is 6.33. The first-order chi connectivity index (χ1) is 12.4. The molecule has 1 aliphatic heterocycles. The van der Waals surface area contributed by atoms with Gasteiger partial charge in [-0.3, -0.25) is 0 Å². The first-order valence-corrected chi connectivity index (χ1v) is 9.10. The molecule has 1 N–H and O–H groups in total. The standard InChI is InChI=1S/C18H27ClN4O3/c1-21(2)8-4-7-20-18(25)23-11-9-22(10-12-23)16-13-14(17(24)26-3)5-6-15(16)19/h5-6,13H,4,7-12H2,1-3H3,(H,20,25). The van der Waals surface area contributed by atoms with E-state index in [2.05, 4.69) is 15.1 Å². The molecule has 1 fully saturated rings. The van der Waals surface area contributed by atoms with E-state index in [1.165, 1.54) is 7.11 Å². The molecular weight excluding hydrogens is 356 g/mol. The van der Waals surface area contributed by atoms with E-state index in [0.717, 1.165) is 18.7 Å². The number of amides is 2. The van der Waals surface area contributed by atoms with Gasteiger partial charge in [0.2, 0.25) is 0 Å². The molecule has 0 aromatic heterocycles. The summed E-state index contributed by atoms with van der Waals surface area (Å²) in [4.78, 5) is 29.9. The van der Waals surface area contributed by atoms with Gasteiger partial charge in [0.15, 0.2) is 0 Å². The molecule has 0 spiro atoms. The number of rotatable bonds is 6. The summed E-state index contributed by atoms with van der Waals surface area (Å²) in [5.74, 6) is -0.390. The molecule has 8 heteroatoms. The van der Waals surface area contributed by atoms with Crippen LogP contribution in [0.2, 0.25) is 5.02 Å². The van der Waals surface area contributed by atoms with Gasteiger partial charge in [0.05, 0.1) is 23.4 Å². The van der Waals surface area contributed by atoms with Gasteiger partial charge in [0.1, 0.15) is 0 Å². The quantitative estimate of drug-likeness (QED) is 0.601. The Morgan fingerprint density at radius 2 is 1.92 bits per heavy atom. The Labute approximate surface area is 159 Å². The monoisotopic (exact) mass is 382 g/mol. The molecule has 7 nitrogen and oxygen atoms in total. The molecule has 0 aliphatic carbocycles. The summed E-state index contributed by atoms with van der Waals surface area (Å²) in [6.45, 7) is 4.16. The maximum atomic E-state index is 12.2. The number of carbonyl (C=O) groups excluding carboxylic acids is 2. The summed E-state index contributed by atoms with van der Waals surface area (Å²) in [5, 5.41) is 3.54. The maximum absolute atomic E-state index is 12.2. The highest BCUT2D eigenvalue weighted by Gasteiger charge is 2.23. The molecule has 1 aromatic carbocycles. The Morgan fingerprint density at radius 3 is 2.54 bits per heavy atom. The largest absolute Gasteiger partial charge is 0.465 e. The Balaban J connectivity index is 1.88. The van der Waals surface area contributed by atoms with Crippen molar-refractivity contribution in [1.29, 1.82) is 0 Å². The number of methoxy groups -OCH3 is 1. The lowest BCUT2D eigenvalue weighted by atomic mass is 10.1. The molecule has 26 heavy (non-hydrogen) atoms. The third-order valence-corrected chi connectivity index (χ3v) is 4.65. The number of nitrogens with one attached hydrogen (secondary N) is 1. The minimum Gasteiger partial charge on any atom is -0.465 e. The number of ether oxygens (including phenoxy) is 1. The molecule has 1 aromatic rings. The van der Waals surface area contributed by atoms with Crippen molar-refractivity contribution in [1.82, 2.24) is 15.1 Å². The summed E-state index contributed by atoms with van der Waals surface area (Å²) in [6.07, 6.45) is 0.925. The van der Waals surface area contributed by atoms with Crippen LogP contribution in [0.15, 0.2) is 18.2 Å². The van der Waals surface area contributed by atoms with Crippen LogP contribution >= 0.6 is 11.6 Å². The fourth-order valence-corrected chi connectivity index (χ4v) is 3.09. The van der Waals surface area contributed by atoms with E-state index in [1.807, 2.05) is 19.0 Å². The van der Waals surface area contributed by atoms with Crippen molar-refractivity contribution in [2.75, 3.05) is 65.4 Å². The van der Waals surface area contributed by atoms with Gasteiger partial charge in [-0.2, -0.15) is 0 Å². The van der Waals surface area contributed by atoms with Crippen molar-refractivity contribution in [3.63, 3.8) is 0 Å². The summed E-state index contributed by atoms with van der Waals surface area (Å²) in [6, 6.07) is 5.06. The van der Waals surface area contributed by atoms with Crippen LogP contribution in [-0.2, 0) is 4.74 Å². The molecule has 0 radical (unpaired) electrons. The second-order valence-corrected chi connectivity index (χ2v) is 6.93. The third-order valence-electron chi connectivity index (χ3n) is 4.33. The highest BCUT2D eigenvalue weighted by atomic mass is 35.5. The number of hydrogen-bond acceptors (Lipinski definition) is 5. The Kier molecular flexibility index (Phi) is 7.53. The number of esters is 1. The molecule has 0 unspecified atom stereocenters. The molecule has 0 bridgehead atoms. The molecule has 2 amide bonds. The Bertz CT molecular complexity index is 631. The molecule has 1 aliphatic rings. The maximum Gasteiger partial charge on any atom is 0.337 e. The van der Waals surface area contributed by atoms with Crippen LogP contribution in [0.5, 0.6) is 0 Å². The number of halogens is 1. The number of carbonyl (C=O) groups is 2. The minimum atomic E-state index is -0.390. The number of nitrogens with zero attached hydrogens (tertiary/aromatic N) is 3. The van der Waals surface area contributed by atoms with Crippen LogP contribution in [0.3, 0.4) is 0 Å². The van der Waals surface area contributed by atoms with E-state index in [1.54, 1.807) is 18.2 Å². The van der Waals surface area contributed by atoms with Crippen LogP contribution in [0.4, 0.5) is 10.5 Å². The number of piperazine rings is 1. The molecule has 0 atom stereocenters. The molecular formula is C18H27ClN4O3. The van der Waals surface area contributed by atoms with Crippen molar-refractivity contribution in [2.45, 2.75) is 6.42 Å². The number of benzene rings is 1. The van der Waals surface area contributed by atoms with Gasteiger partial charge in [-0.15, -0.1) is 0 Å². The first kappa shape index (κ1) is 20.3. The SMILES string of the molecule is COC(=O)c1ccc(Cl)c(N2CCN(C(=O)NCCCN(C)C)CC2)c1. The summed E-state index contributed by atoms with van der Waals surface area (Å²) in [7, 11) is 5.38. The van der Waals surface area contributed by atoms with Gasteiger partial charge < -0.3 is 24.8 Å². The van der Waals surface area contributed by atoms with E-state index < -0.39 is 5.97 Å².